The first-order chi connectivity index (χ1) is 8.79. The van der Waals surface area contributed by atoms with E-state index in [1.807, 2.05) is 13.8 Å². The number of benzene rings is 1. The van der Waals surface area contributed by atoms with Crippen molar-refractivity contribution in [1.82, 2.24) is 4.57 Å². The highest BCUT2D eigenvalue weighted by Crippen LogP contribution is 2.20. The number of aromatic nitrogens is 1. The molecule has 2 aromatic rings. The van der Waals surface area contributed by atoms with E-state index in [0.29, 0.717) is 10.3 Å². The van der Waals surface area contributed by atoms with E-state index in [2.05, 4.69) is 10.2 Å². The van der Waals surface area contributed by atoms with Crippen LogP contribution in [0.1, 0.15) is 13.8 Å². The second kappa shape index (κ2) is 4.87. The monoisotopic (exact) mass is 299 g/mol. The molecule has 0 fully saturated rings. The quantitative estimate of drug-likeness (QED) is 0.521. The van der Waals surface area contributed by atoms with Gasteiger partial charge in [0.25, 0.3) is 10.1 Å². The van der Waals surface area contributed by atoms with Crippen LogP contribution in [0.4, 0.5) is 0 Å². The molecule has 1 N–H and O–H groups in total. The molecule has 0 amide bonds. The molecule has 0 bridgehead atoms. The summed E-state index contributed by atoms with van der Waals surface area (Å²) in [5.41, 5.74) is 1.51. The predicted octanol–water partition coefficient (Wildman–Crippen LogP) is 1.78. The molecule has 6 nitrogen and oxygen atoms in total. The minimum absolute atomic E-state index is 0.130. The molecule has 0 aliphatic heterocycles. The van der Waals surface area contributed by atoms with Crippen LogP contribution < -0.4 is 4.80 Å². The maximum atomic E-state index is 11.1. The smallest absolute Gasteiger partial charge is 0.294 e. The fraction of sp³-hybridized carbons (Fsp3) is 0.273. The first-order valence-electron chi connectivity index (χ1n) is 5.41. The summed E-state index contributed by atoms with van der Waals surface area (Å²) in [4.78, 5) is 0.527. The summed E-state index contributed by atoms with van der Waals surface area (Å²) < 4.78 is 33.9. The van der Waals surface area contributed by atoms with Crippen molar-refractivity contribution in [3.8, 4) is 0 Å². The molecule has 0 saturated carbocycles. The number of fused-ring (bicyclic) bond motifs is 1. The highest BCUT2D eigenvalue weighted by molar-refractivity contribution is 7.85. The average Bonchev–Trinajstić information content (AvgIpc) is 2.62. The van der Waals surface area contributed by atoms with Gasteiger partial charge in [-0.05, 0) is 32.0 Å². The van der Waals surface area contributed by atoms with Gasteiger partial charge in [-0.15, -0.1) is 5.10 Å². The second-order valence-corrected chi connectivity index (χ2v) is 6.63. The second-order valence-electron chi connectivity index (χ2n) is 4.20. The molecular formula is C11H13N3O3S2. The Bertz CT molecular complexity index is 824. The van der Waals surface area contributed by atoms with Gasteiger partial charge in [-0.3, -0.25) is 4.55 Å². The molecule has 1 aromatic carbocycles. The number of rotatable bonds is 2. The van der Waals surface area contributed by atoms with Gasteiger partial charge >= 0.3 is 0 Å². The molecule has 0 aliphatic carbocycles. The lowest BCUT2D eigenvalue weighted by Crippen LogP contribution is -2.09. The van der Waals surface area contributed by atoms with Crippen LogP contribution in [0.5, 0.6) is 0 Å². The molecule has 1 aromatic heterocycles. The van der Waals surface area contributed by atoms with E-state index in [1.165, 1.54) is 23.5 Å². The first kappa shape index (κ1) is 13.9. The Morgan fingerprint density at radius 1 is 1.37 bits per heavy atom. The van der Waals surface area contributed by atoms with Crippen LogP contribution in [0.15, 0.2) is 33.3 Å². The van der Waals surface area contributed by atoms with E-state index in [9.17, 15) is 8.42 Å². The number of nitrogens with zero attached hydrogens (tertiary/aromatic N) is 3. The summed E-state index contributed by atoms with van der Waals surface area (Å²) >= 11 is 1.40. The summed E-state index contributed by atoms with van der Waals surface area (Å²) in [6.07, 6.45) is 0. The SMILES string of the molecule is CC(C)=N/N=c1/sc2ccc(S(=O)(=O)O)cc2n1C. The summed E-state index contributed by atoms with van der Waals surface area (Å²) in [7, 11) is -2.42. The van der Waals surface area contributed by atoms with Crippen molar-refractivity contribution < 1.29 is 13.0 Å². The fourth-order valence-electron chi connectivity index (χ4n) is 1.51. The number of hydrogen-bond acceptors (Lipinski definition) is 5. The third kappa shape index (κ3) is 2.91. The highest BCUT2D eigenvalue weighted by atomic mass is 32.2. The largest absolute Gasteiger partial charge is 0.318 e. The van der Waals surface area contributed by atoms with Crippen molar-refractivity contribution in [3.05, 3.63) is 23.0 Å². The topological polar surface area (TPSA) is 84.0 Å². The number of hydrogen-bond donors (Lipinski definition) is 1. The zero-order valence-electron chi connectivity index (χ0n) is 10.7. The van der Waals surface area contributed by atoms with Gasteiger partial charge < -0.3 is 4.57 Å². The summed E-state index contributed by atoms with van der Waals surface area (Å²) in [5, 5.41) is 8.08. The summed E-state index contributed by atoms with van der Waals surface area (Å²) in [5.74, 6) is 0. The van der Waals surface area contributed by atoms with Gasteiger partial charge in [-0.1, -0.05) is 11.3 Å². The van der Waals surface area contributed by atoms with Crippen molar-refractivity contribution in [3.63, 3.8) is 0 Å². The van der Waals surface area contributed by atoms with E-state index in [4.69, 9.17) is 4.55 Å². The van der Waals surface area contributed by atoms with Crippen LogP contribution in [0.2, 0.25) is 0 Å². The lowest BCUT2D eigenvalue weighted by atomic mass is 10.3. The minimum Gasteiger partial charge on any atom is -0.318 e. The summed E-state index contributed by atoms with van der Waals surface area (Å²) in [6, 6.07) is 4.43. The zero-order valence-corrected chi connectivity index (χ0v) is 12.3. The Labute approximate surface area is 114 Å². The number of thiazole rings is 1. The minimum atomic E-state index is -4.19. The molecule has 0 aliphatic rings. The van der Waals surface area contributed by atoms with Crippen molar-refractivity contribution in [2.45, 2.75) is 18.7 Å². The predicted molar refractivity (Wildman–Crippen MR) is 75.0 cm³/mol. The number of aryl methyl sites for hydroxylation is 1. The van der Waals surface area contributed by atoms with E-state index < -0.39 is 10.1 Å². The molecule has 0 atom stereocenters. The Kier molecular flexibility index (Phi) is 3.57. The van der Waals surface area contributed by atoms with Gasteiger partial charge in [0.1, 0.15) is 0 Å². The molecule has 2 rings (SSSR count). The molecule has 8 heteroatoms. The Morgan fingerprint density at radius 3 is 2.63 bits per heavy atom. The first-order valence-corrected chi connectivity index (χ1v) is 7.66. The van der Waals surface area contributed by atoms with Gasteiger partial charge in [0.2, 0.25) is 4.80 Å². The highest BCUT2D eigenvalue weighted by Gasteiger charge is 2.12. The molecule has 19 heavy (non-hydrogen) atoms. The van der Waals surface area contributed by atoms with E-state index in [0.717, 1.165) is 10.4 Å². The van der Waals surface area contributed by atoms with E-state index in [1.54, 1.807) is 17.7 Å². The third-order valence-corrected chi connectivity index (χ3v) is 4.37. The fourth-order valence-corrected chi connectivity index (χ4v) is 2.96. The molecule has 0 radical (unpaired) electrons. The van der Waals surface area contributed by atoms with Crippen LogP contribution in [0, 0.1) is 0 Å². The van der Waals surface area contributed by atoms with Crippen LogP contribution in [0.25, 0.3) is 10.2 Å². The van der Waals surface area contributed by atoms with Gasteiger partial charge in [0, 0.05) is 12.8 Å². The molecule has 1 heterocycles. The lowest BCUT2D eigenvalue weighted by Gasteiger charge is -1.98. The van der Waals surface area contributed by atoms with Gasteiger partial charge in [0.15, 0.2) is 0 Å². The van der Waals surface area contributed by atoms with E-state index >= 15 is 0 Å². The van der Waals surface area contributed by atoms with Crippen LogP contribution >= 0.6 is 11.3 Å². The standard InChI is InChI=1S/C11H13N3O3S2/c1-7(2)12-13-11-14(3)9-6-8(19(15,16)17)4-5-10(9)18-11/h4-6H,1-3H3,(H,15,16,17)/b13-11+. The third-order valence-electron chi connectivity index (χ3n) is 2.41. The van der Waals surface area contributed by atoms with Crippen LogP contribution in [0.3, 0.4) is 0 Å². The van der Waals surface area contributed by atoms with Crippen LogP contribution in [-0.4, -0.2) is 23.2 Å². The van der Waals surface area contributed by atoms with Crippen molar-refractivity contribution in [2.24, 2.45) is 17.3 Å². The normalized spacial score (nSPS) is 12.9. The average molecular weight is 299 g/mol. The van der Waals surface area contributed by atoms with Crippen molar-refractivity contribution >= 4 is 37.4 Å². The Morgan fingerprint density at radius 2 is 2.05 bits per heavy atom. The molecule has 102 valence electrons. The molecule has 0 unspecified atom stereocenters. The van der Waals surface area contributed by atoms with Gasteiger partial charge in [-0.25, -0.2) is 0 Å². The molecule has 0 spiro atoms. The zero-order chi connectivity index (χ0) is 14.2. The summed E-state index contributed by atoms with van der Waals surface area (Å²) in [6.45, 7) is 3.68. The van der Waals surface area contributed by atoms with Gasteiger partial charge in [-0.2, -0.15) is 13.5 Å². The van der Waals surface area contributed by atoms with Crippen LogP contribution in [-0.2, 0) is 17.2 Å². The Hall–Kier alpha value is -1.51. The molecule has 0 saturated heterocycles. The maximum Gasteiger partial charge on any atom is 0.294 e. The van der Waals surface area contributed by atoms with Crippen molar-refractivity contribution in [2.75, 3.05) is 0 Å². The maximum absolute atomic E-state index is 11.1. The molecular weight excluding hydrogens is 286 g/mol. The van der Waals surface area contributed by atoms with Crippen molar-refractivity contribution in [1.29, 1.82) is 0 Å². The Balaban J connectivity index is 2.72. The van der Waals surface area contributed by atoms with Gasteiger partial charge in [0.05, 0.1) is 15.1 Å². The lowest BCUT2D eigenvalue weighted by molar-refractivity contribution is 0.483. The van der Waals surface area contributed by atoms with E-state index in [-0.39, 0.29) is 4.90 Å².